The molecule has 1 aliphatic heterocycles. The normalized spacial score (nSPS) is 19.8. The van der Waals surface area contributed by atoms with Crippen molar-refractivity contribution in [2.45, 2.75) is 38.8 Å². The topological polar surface area (TPSA) is 41.1 Å². The van der Waals surface area contributed by atoms with E-state index in [1.165, 1.54) is 43.9 Å². The van der Waals surface area contributed by atoms with Crippen molar-refractivity contribution < 1.29 is 0 Å². The summed E-state index contributed by atoms with van der Waals surface area (Å²) in [5, 5.41) is 9.46. The molecule has 1 atom stereocenters. The summed E-state index contributed by atoms with van der Waals surface area (Å²) in [6.45, 7) is 6.71. The second-order valence-corrected chi connectivity index (χ2v) is 5.08. The Labute approximate surface area is 101 Å². The van der Waals surface area contributed by atoms with Crippen molar-refractivity contribution in [3.63, 3.8) is 0 Å². The molecule has 5 heteroatoms. The van der Waals surface area contributed by atoms with Gasteiger partial charge in [-0.1, -0.05) is 10.9 Å². The van der Waals surface area contributed by atoms with Crippen LogP contribution in [0.2, 0.25) is 0 Å². The van der Waals surface area contributed by atoms with E-state index >= 15 is 0 Å². The first kappa shape index (κ1) is 12.0. The average Bonchev–Trinajstić information content (AvgIpc) is 2.83. The SMILES string of the molecule is CC(CNCc1csnn1)N1CCCCC1. The number of nitrogens with one attached hydrogen (secondary N) is 1. The number of aromatic nitrogens is 2. The van der Waals surface area contributed by atoms with Crippen molar-refractivity contribution in [1.29, 1.82) is 0 Å². The highest BCUT2D eigenvalue weighted by Gasteiger charge is 2.15. The number of nitrogens with zero attached hydrogens (tertiary/aromatic N) is 3. The Morgan fingerprint density at radius 2 is 2.25 bits per heavy atom. The highest BCUT2D eigenvalue weighted by Crippen LogP contribution is 2.11. The summed E-state index contributed by atoms with van der Waals surface area (Å²) in [4.78, 5) is 2.58. The zero-order valence-corrected chi connectivity index (χ0v) is 10.7. The van der Waals surface area contributed by atoms with Crippen LogP contribution in [-0.2, 0) is 6.54 Å². The molecule has 0 radical (unpaired) electrons. The third kappa shape index (κ3) is 3.50. The van der Waals surface area contributed by atoms with Crippen molar-refractivity contribution in [2.24, 2.45) is 0 Å². The molecule has 16 heavy (non-hydrogen) atoms. The lowest BCUT2D eigenvalue weighted by Crippen LogP contribution is -2.42. The Morgan fingerprint density at radius 3 is 2.94 bits per heavy atom. The number of hydrogen-bond acceptors (Lipinski definition) is 5. The van der Waals surface area contributed by atoms with Crippen LogP contribution in [0.1, 0.15) is 31.9 Å². The Balaban J connectivity index is 1.65. The van der Waals surface area contributed by atoms with E-state index in [0.717, 1.165) is 18.8 Å². The molecule has 0 bridgehead atoms. The summed E-state index contributed by atoms with van der Waals surface area (Å²) in [6, 6.07) is 0.631. The van der Waals surface area contributed by atoms with E-state index in [2.05, 4.69) is 26.7 Å². The molecule has 0 aromatic carbocycles. The molecule has 1 fully saturated rings. The second-order valence-electron chi connectivity index (χ2n) is 4.47. The van der Waals surface area contributed by atoms with Gasteiger partial charge in [0.25, 0.3) is 0 Å². The van der Waals surface area contributed by atoms with Crippen LogP contribution in [0.3, 0.4) is 0 Å². The highest BCUT2D eigenvalue weighted by atomic mass is 32.1. The van der Waals surface area contributed by atoms with E-state index in [1.807, 2.05) is 5.38 Å². The van der Waals surface area contributed by atoms with Gasteiger partial charge in [-0.05, 0) is 44.4 Å². The van der Waals surface area contributed by atoms with Crippen LogP contribution in [0.15, 0.2) is 5.38 Å². The monoisotopic (exact) mass is 240 g/mol. The number of rotatable bonds is 5. The zero-order chi connectivity index (χ0) is 11.2. The molecule has 1 N–H and O–H groups in total. The fourth-order valence-corrected chi connectivity index (χ4v) is 2.61. The minimum Gasteiger partial charge on any atom is -0.310 e. The largest absolute Gasteiger partial charge is 0.310 e. The van der Waals surface area contributed by atoms with Gasteiger partial charge >= 0.3 is 0 Å². The van der Waals surface area contributed by atoms with Crippen LogP contribution in [0, 0.1) is 0 Å². The average molecular weight is 240 g/mol. The molecule has 1 saturated heterocycles. The van der Waals surface area contributed by atoms with E-state index in [1.54, 1.807) is 0 Å². The van der Waals surface area contributed by atoms with Gasteiger partial charge in [0, 0.05) is 24.5 Å². The number of likely N-dealkylation sites (tertiary alicyclic amines) is 1. The smallest absolute Gasteiger partial charge is 0.0893 e. The van der Waals surface area contributed by atoms with Crippen LogP contribution in [0.4, 0.5) is 0 Å². The maximum atomic E-state index is 4.02. The molecule has 0 aliphatic carbocycles. The molecule has 0 spiro atoms. The molecule has 90 valence electrons. The first-order valence-electron chi connectivity index (χ1n) is 6.07. The summed E-state index contributed by atoms with van der Waals surface area (Å²) in [5.41, 5.74) is 1.05. The second kappa shape index (κ2) is 6.27. The minimum absolute atomic E-state index is 0.631. The predicted octanol–water partition coefficient (Wildman–Crippen LogP) is 1.50. The third-order valence-corrected chi connectivity index (χ3v) is 3.72. The van der Waals surface area contributed by atoms with Crippen molar-refractivity contribution in [3.8, 4) is 0 Å². The van der Waals surface area contributed by atoms with Gasteiger partial charge < -0.3 is 5.32 Å². The van der Waals surface area contributed by atoms with E-state index in [4.69, 9.17) is 0 Å². The molecule has 1 aliphatic rings. The van der Waals surface area contributed by atoms with E-state index < -0.39 is 0 Å². The lowest BCUT2D eigenvalue weighted by molar-refractivity contribution is 0.170. The zero-order valence-electron chi connectivity index (χ0n) is 9.85. The van der Waals surface area contributed by atoms with E-state index in [-0.39, 0.29) is 0 Å². The Hall–Kier alpha value is -0.520. The molecule has 0 saturated carbocycles. The molecule has 1 aromatic rings. The van der Waals surface area contributed by atoms with Crippen molar-refractivity contribution in [2.75, 3.05) is 19.6 Å². The molecule has 2 rings (SSSR count). The summed E-state index contributed by atoms with van der Waals surface area (Å²) < 4.78 is 3.85. The maximum absolute atomic E-state index is 4.02. The van der Waals surface area contributed by atoms with Crippen LogP contribution >= 0.6 is 11.5 Å². The predicted molar refractivity (Wildman–Crippen MR) is 66.5 cm³/mol. The first-order chi connectivity index (χ1) is 7.86. The van der Waals surface area contributed by atoms with Gasteiger partial charge in [-0.25, -0.2) is 0 Å². The number of piperidine rings is 1. The molecular weight excluding hydrogens is 220 g/mol. The Bertz CT molecular complexity index is 282. The van der Waals surface area contributed by atoms with Crippen molar-refractivity contribution in [1.82, 2.24) is 19.8 Å². The van der Waals surface area contributed by atoms with E-state index in [0.29, 0.717) is 6.04 Å². The van der Waals surface area contributed by atoms with Gasteiger partial charge in [0.05, 0.1) is 5.69 Å². The standard InChI is InChI=1S/C11H20N4S/c1-10(15-5-3-2-4-6-15)7-12-8-11-9-16-14-13-11/h9-10,12H,2-8H2,1H3. The third-order valence-electron chi connectivity index (χ3n) is 3.17. The van der Waals surface area contributed by atoms with Gasteiger partial charge in [0.1, 0.15) is 0 Å². The molecule has 2 heterocycles. The van der Waals surface area contributed by atoms with Crippen LogP contribution in [0.5, 0.6) is 0 Å². The molecule has 1 unspecified atom stereocenters. The summed E-state index contributed by atoms with van der Waals surface area (Å²) >= 11 is 1.41. The maximum Gasteiger partial charge on any atom is 0.0893 e. The van der Waals surface area contributed by atoms with E-state index in [9.17, 15) is 0 Å². The fraction of sp³-hybridized carbons (Fsp3) is 0.818. The lowest BCUT2D eigenvalue weighted by atomic mass is 10.1. The van der Waals surface area contributed by atoms with Gasteiger partial charge in [-0.15, -0.1) is 5.10 Å². The summed E-state index contributed by atoms with van der Waals surface area (Å²) in [6.07, 6.45) is 4.13. The highest BCUT2D eigenvalue weighted by molar-refractivity contribution is 7.03. The van der Waals surface area contributed by atoms with Gasteiger partial charge in [0.15, 0.2) is 0 Å². The van der Waals surface area contributed by atoms with Crippen LogP contribution < -0.4 is 5.32 Å². The Kier molecular flexibility index (Phi) is 4.69. The van der Waals surface area contributed by atoms with Crippen molar-refractivity contribution in [3.05, 3.63) is 11.1 Å². The Morgan fingerprint density at radius 1 is 1.44 bits per heavy atom. The van der Waals surface area contributed by atoms with Crippen molar-refractivity contribution >= 4 is 11.5 Å². The molecule has 4 nitrogen and oxygen atoms in total. The minimum atomic E-state index is 0.631. The van der Waals surface area contributed by atoms with Gasteiger partial charge in [0.2, 0.25) is 0 Å². The van der Waals surface area contributed by atoms with Crippen LogP contribution in [0.25, 0.3) is 0 Å². The molecule has 0 amide bonds. The first-order valence-corrected chi connectivity index (χ1v) is 6.90. The molecular formula is C11H20N4S. The van der Waals surface area contributed by atoms with Gasteiger partial charge in [-0.3, -0.25) is 4.90 Å². The van der Waals surface area contributed by atoms with Crippen LogP contribution in [-0.4, -0.2) is 40.2 Å². The fourth-order valence-electron chi connectivity index (χ4n) is 2.16. The quantitative estimate of drug-likeness (QED) is 0.847. The molecule has 1 aromatic heterocycles. The number of hydrogen-bond donors (Lipinski definition) is 1. The lowest BCUT2D eigenvalue weighted by Gasteiger charge is -2.32. The van der Waals surface area contributed by atoms with Gasteiger partial charge in [-0.2, -0.15) is 0 Å². The summed E-state index contributed by atoms with van der Waals surface area (Å²) in [7, 11) is 0. The summed E-state index contributed by atoms with van der Waals surface area (Å²) in [5.74, 6) is 0.